The number of hydrogen-bond donors (Lipinski definition) is 2. The summed E-state index contributed by atoms with van der Waals surface area (Å²) in [5.41, 5.74) is 5.11. The number of oxazole rings is 1. The van der Waals surface area contributed by atoms with Crippen LogP contribution in [0.1, 0.15) is 68.4 Å². The molecule has 0 unspecified atom stereocenters. The molecule has 3 heterocycles. The minimum atomic E-state index is -0.822. The predicted octanol–water partition coefficient (Wildman–Crippen LogP) is 4.10. The Labute approximate surface area is 226 Å². The maximum Gasteiger partial charge on any atom is 0.416 e. The average Bonchev–Trinajstić information content (AvgIpc) is 3.40. The van der Waals surface area contributed by atoms with Crippen molar-refractivity contribution in [2.45, 2.75) is 59.6 Å². The highest BCUT2D eigenvalue weighted by Gasteiger charge is 2.31. The molecule has 0 aliphatic heterocycles. The molecule has 0 bridgehead atoms. The number of carbonyl (C=O) groups is 3. The third kappa shape index (κ3) is 7.67. The molecular weight excluding hydrogens is 502 g/mol. The van der Waals surface area contributed by atoms with Crippen molar-refractivity contribution in [1.29, 1.82) is 0 Å². The lowest BCUT2D eigenvalue weighted by Gasteiger charge is -2.27. The number of nitrogens with one attached hydrogen (secondary N) is 1. The molecule has 1 aliphatic carbocycles. The van der Waals surface area contributed by atoms with Gasteiger partial charge in [0.25, 0.3) is 11.8 Å². The average molecular weight is 536 g/mol. The second-order valence-electron chi connectivity index (χ2n) is 9.59. The summed E-state index contributed by atoms with van der Waals surface area (Å²) < 4.78 is 12.4. The first-order valence-electron chi connectivity index (χ1n) is 12.6. The van der Waals surface area contributed by atoms with Crippen LogP contribution in [-0.4, -0.2) is 49.8 Å². The Morgan fingerprint density at radius 3 is 2.64 bits per heavy atom. The third-order valence-corrected chi connectivity index (χ3v) is 5.25. The number of rotatable bonds is 8. The number of carbonyl (C=O) groups excluding carboxylic acids is 3. The largest absolute Gasteiger partial charge is 0.444 e. The molecule has 39 heavy (non-hydrogen) atoms. The minimum Gasteiger partial charge on any atom is -0.444 e. The zero-order valence-corrected chi connectivity index (χ0v) is 22.7. The van der Waals surface area contributed by atoms with E-state index in [4.69, 9.17) is 21.3 Å². The molecule has 206 valence electrons. The van der Waals surface area contributed by atoms with E-state index in [9.17, 15) is 14.4 Å². The number of primary amides is 1. The second-order valence-corrected chi connectivity index (χ2v) is 9.59. The predicted molar refractivity (Wildman–Crippen MR) is 145 cm³/mol. The van der Waals surface area contributed by atoms with Gasteiger partial charge in [-0.1, -0.05) is 19.8 Å². The molecule has 3 amide bonds. The van der Waals surface area contributed by atoms with Crippen molar-refractivity contribution in [2.75, 3.05) is 16.8 Å². The number of ether oxygens (including phenoxy) is 1. The number of terminal acetylenes is 1. The Kier molecular flexibility index (Phi) is 9.08. The summed E-state index contributed by atoms with van der Waals surface area (Å²) in [4.78, 5) is 47.5. The van der Waals surface area contributed by atoms with Crippen LogP contribution in [0.15, 0.2) is 35.2 Å². The molecule has 1 saturated carbocycles. The summed E-state index contributed by atoms with van der Waals surface area (Å²) in [6.45, 7) is 9.98. The van der Waals surface area contributed by atoms with Crippen LogP contribution in [0.25, 0.3) is 11.5 Å². The Hall–Kier alpha value is -4.66. The van der Waals surface area contributed by atoms with Crippen LogP contribution in [0.4, 0.5) is 16.3 Å². The number of hydrogen-bond acceptors (Lipinski definition) is 8. The van der Waals surface area contributed by atoms with Gasteiger partial charge in [0, 0.05) is 18.3 Å². The number of amides is 3. The molecule has 0 radical (unpaired) electrons. The van der Waals surface area contributed by atoms with Crippen LogP contribution in [0.2, 0.25) is 0 Å². The molecule has 0 atom stereocenters. The van der Waals surface area contributed by atoms with Gasteiger partial charge in [0.15, 0.2) is 11.4 Å². The highest BCUT2D eigenvalue weighted by atomic mass is 16.6. The molecule has 0 aromatic carbocycles. The van der Waals surface area contributed by atoms with E-state index in [1.54, 1.807) is 32.9 Å². The van der Waals surface area contributed by atoms with E-state index in [0.29, 0.717) is 23.8 Å². The van der Waals surface area contributed by atoms with Crippen molar-refractivity contribution in [2.24, 2.45) is 11.7 Å². The Balaban J connectivity index is 0.00000205. The summed E-state index contributed by atoms with van der Waals surface area (Å²) in [5, 5.41) is 6.53. The van der Waals surface area contributed by atoms with E-state index in [1.165, 1.54) is 28.2 Å². The van der Waals surface area contributed by atoms with E-state index in [2.05, 4.69) is 26.3 Å². The zero-order chi connectivity index (χ0) is 28.7. The van der Waals surface area contributed by atoms with Crippen molar-refractivity contribution >= 4 is 29.4 Å². The first-order valence-corrected chi connectivity index (χ1v) is 12.6. The maximum absolute atomic E-state index is 12.9. The van der Waals surface area contributed by atoms with Gasteiger partial charge in [-0.15, -0.1) is 6.42 Å². The molecule has 0 spiro atoms. The van der Waals surface area contributed by atoms with Crippen LogP contribution in [0, 0.1) is 18.3 Å². The van der Waals surface area contributed by atoms with E-state index in [-0.39, 0.29) is 29.5 Å². The van der Waals surface area contributed by atoms with E-state index in [1.807, 2.05) is 13.8 Å². The van der Waals surface area contributed by atoms with Gasteiger partial charge < -0.3 is 20.2 Å². The summed E-state index contributed by atoms with van der Waals surface area (Å²) in [7, 11) is 0. The fourth-order valence-corrected chi connectivity index (χ4v) is 3.40. The molecule has 1 aliphatic rings. The minimum absolute atomic E-state index is 0.0459. The lowest BCUT2D eigenvalue weighted by molar-refractivity contribution is 0.0577. The topological polar surface area (TPSA) is 158 Å². The number of anilines is 2. The summed E-state index contributed by atoms with van der Waals surface area (Å²) in [6.07, 6.45) is 11.0. The maximum atomic E-state index is 12.9. The lowest BCUT2D eigenvalue weighted by Crippen LogP contribution is -2.38. The monoisotopic (exact) mass is 535 g/mol. The van der Waals surface area contributed by atoms with Crippen molar-refractivity contribution in [3.8, 4) is 23.8 Å². The molecule has 12 heteroatoms. The molecule has 0 saturated heterocycles. The second kappa shape index (κ2) is 12.3. The van der Waals surface area contributed by atoms with Crippen molar-refractivity contribution in [3.05, 3.63) is 42.2 Å². The van der Waals surface area contributed by atoms with Gasteiger partial charge in [-0.3, -0.25) is 19.2 Å². The SMILES string of the molecule is C#CCn1cc(NC(=O)c2coc(-c3ccnc(N(CC4CC4)C(=O)OC(C)(C)C)c3)n2)c(C(N)=O)n1.CC. The number of aromatic nitrogens is 4. The van der Waals surface area contributed by atoms with Gasteiger partial charge >= 0.3 is 6.09 Å². The fraction of sp³-hybridized carbons (Fsp3) is 0.407. The van der Waals surface area contributed by atoms with Crippen molar-refractivity contribution in [3.63, 3.8) is 0 Å². The number of nitrogens with zero attached hydrogens (tertiary/aromatic N) is 5. The highest BCUT2D eigenvalue weighted by molar-refractivity contribution is 6.07. The third-order valence-electron chi connectivity index (χ3n) is 5.25. The molecule has 1 fully saturated rings. The molecule has 3 aromatic heterocycles. The van der Waals surface area contributed by atoms with Gasteiger partial charge in [-0.2, -0.15) is 5.10 Å². The van der Waals surface area contributed by atoms with Gasteiger partial charge in [-0.25, -0.2) is 14.8 Å². The summed E-state index contributed by atoms with van der Waals surface area (Å²) in [6, 6.07) is 3.30. The highest BCUT2D eigenvalue weighted by Crippen LogP contribution is 2.32. The van der Waals surface area contributed by atoms with E-state index < -0.39 is 23.5 Å². The Morgan fingerprint density at radius 1 is 1.31 bits per heavy atom. The van der Waals surface area contributed by atoms with Gasteiger partial charge in [0.05, 0.1) is 11.9 Å². The molecule has 4 rings (SSSR count). The molecule has 12 nitrogen and oxygen atoms in total. The fourth-order valence-electron chi connectivity index (χ4n) is 3.40. The molecule has 3 aromatic rings. The smallest absolute Gasteiger partial charge is 0.416 e. The van der Waals surface area contributed by atoms with E-state index in [0.717, 1.165) is 12.8 Å². The quantitative estimate of drug-likeness (QED) is 0.408. The van der Waals surface area contributed by atoms with Crippen LogP contribution in [0.3, 0.4) is 0 Å². The summed E-state index contributed by atoms with van der Waals surface area (Å²) in [5.74, 6) is 1.84. The van der Waals surface area contributed by atoms with Crippen LogP contribution >= 0.6 is 0 Å². The number of pyridine rings is 1. The zero-order valence-electron chi connectivity index (χ0n) is 22.7. The van der Waals surface area contributed by atoms with Crippen molar-refractivity contribution in [1.82, 2.24) is 19.7 Å². The standard InChI is InChI=1S/C25H27N7O5.C2H6/c1-5-10-31-13-17(20(30-31)21(26)33)28-22(34)18-14-36-23(29-18)16-8-9-27-19(11-16)32(12-15-6-7-15)24(35)37-25(2,3)4;1-2/h1,8-9,11,13-15H,6-7,10,12H2,2-4H3,(H2,26,33)(H,28,34);1-2H3. The van der Waals surface area contributed by atoms with E-state index >= 15 is 0 Å². The van der Waals surface area contributed by atoms with Crippen LogP contribution in [-0.2, 0) is 11.3 Å². The Morgan fingerprint density at radius 2 is 2.03 bits per heavy atom. The van der Waals surface area contributed by atoms with Crippen LogP contribution in [0.5, 0.6) is 0 Å². The van der Waals surface area contributed by atoms with Crippen molar-refractivity contribution < 1.29 is 23.5 Å². The van der Waals surface area contributed by atoms with Gasteiger partial charge in [0.1, 0.15) is 24.2 Å². The normalized spacial score (nSPS) is 12.5. The van der Waals surface area contributed by atoms with Gasteiger partial charge in [0.2, 0.25) is 5.89 Å². The van der Waals surface area contributed by atoms with Crippen LogP contribution < -0.4 is 16.0 Å². The first kappa shape index (κ1) is 28.9. The van der Waals surface area contributed by atoms with Gasteiger partial charge in [-0.05, 0) is 51.7 Å². The Bertz CT molecular complexity index is 1380. The lowest BCUT2D eigenvalue weighted by atomic mass is 10.2. The molecular formula is C27H33N7O5. The molecule has 3 N–H and O–H groups in total. The number of nitrogens with two attached hydrogens (primary N) is 1. The summed E-state index contributed by atoms with van der Waals surface area (Å²) >= 11 is 0. The first-order chi connectivity index (χ1) is 18.5.